The monoisotopic (exact) mass is 375 g/mol. The SMILES string of the molecule is CC(C)c1cccc(C(C)C)c1NC(=O)CC(=O)N1CCN(CCO)CC1. The van der Waals surface area contributed by atoms with E-state index in [0.717, 1.165) is 29.9 Å². The Kier molecular flexibility index (Phi) is 7.80. The maximum Gasteiger partial charge on any atom is 0.233 e. The molecule has 27 heavy (non-hydrogen) atoms. The fourth-order valence-corrected chi connectivity index (χ4v) is 3.49. The molecule has 0 bridgehead atoms. The van der Waals surface area contributed by atoms with Crippen LogP contribution in [0.15, 0.2) is 18.2 Å². The lowest BCUT2D eigenvalue weighted by Gasteiger charge is -2.34. The van der Waals surface area contributed by atoms with Gasteiger partial charge >= 0.3 is 0 Å². The lowest BCUT2D eigenvalue weighted by molar-refractivity contribution is -0.136. The Labute approximate surface area is 162 Å². The predicted octanol–water partition coefficient (Wildman–Crippen LogP) is 2.40. The first kappa shape index (κ1) is 21.4. The van der Waals surface area contributed by atoms with E-state index in [1.54, 1.807) is 4.90 Å². The minimum absolute atomic E-state index is 0.129. The van der Waals surface area contributed by atoms with E-state index < -0.39 is 0 Å². The van der Waals surface area contributed by atoms with E-state index >= 15 is 0 Å². The average Bonchev–Trinajstić information content (AvgIpc) is 2.62. The smallest absolute Gasteiger partial charge is 0.233 e. The molecule has 6 heteroatoms. The van der Waals surface area contributed by atoms with Crippen LogP contribution in [0.1, 0.15) is 57.1 Å². The number of piperazine rings is 1. The molecule has 1 aliphatic rings. The third-order valence-electron chi connectivity index (χ3n) is 5.09. The summed E-state index contributed by atoms with van der Waals surface area (Å²) < 4.78 is 0. The summed E-state index contributed by atoms with van der Waals surface area (Å²) in [5, 5.41) is 12.0. The Hall–Kier alpha value is -1.92. The molecule has 0 aliphatic carbocycles. The van der Waals surface area contributed by atoms with Crippen LogP contribution < -0.4 is 5.32 Å². The van der Waals surface area contributed by atoms with E-state index in [0.29, 0.717) is 19.6 Å². The minimum atomic E-state index is -0.257. The molecular weight excluding hydrogens is 342 g/mol. The molecular formula is C21H33N3O3. The van der Waals surface area contributed by atoms with Crippen molar-refractivity contribution in [2.45, 2.75) is 46.0 Å². The van der Waals surface area contributed by atoms with E-state index in [1.165, 1.54) is 0 Å². The highest BCUT2D eigenvalue weighted by Crippen LogP contribution is 2.32. The predicted molar refractivity (Wildman–Crippen MR) is 108 cm³/mol. The van der Waals surface area contributed by atoms with Gasteiger partial charge in [-0.1, -0.05) is 45.9 Å². The molecule has 2 amide bonds. The van der Waals surface area contributed by atoms with Crippen LogP contribution in [-0.2, 0) is 9.59 Å². The van der Waals surface area contributed by atoms with Gasteiger partial charge < -0.3 is 15.3 Å². The van der Waals surface area contributed by atoms with Crippen molar-refractivity contribution in [3.63, 3.8) is 0 Å². The summed E-state index contributed by atoms with van der Waals surface area (Å²) in [5.41, 5.74) is 3.05. The summed E-state index contributed by atoms with van der Waals surface area (Å²) >= 11 is 0. The third kappa shape index (κ3) is 5.78. The van der Waals surface area contributed by atoms with Crippen molar-refractivity contribution in [1.29, 1.82) is 0 Å². The number of anilines is 1. The van der Waals surface area contributed by atoms with Gasteiger partial charge in [0.25, 0.3) is 0 Å². The summed E-state index contributed by atoms with van der Waals surface area (Å²) in [6.07, 6.45) is -0.135. The number of hydrogen-bond donors (Lipinski definition) is 2. The topological polar surface area (TPSA) is 72.9 Å². The third-order valence-corrected chi connectivity index (χ3v) is 5.09. The van der Waals surface area contributed by atoms with E-state index in [-0.39, 0.29) is 36.7 Å². The molecule has 0 radical (unpaired) electrons. The number of aliphatic hydroxyl groups excluding tert-OH is 1. The molecule has 0 spiro atoms. The van der Waals surface area contributed by atoms with E-state index in [9.17, 15) is 9.59 Å². The number of carbonyl (C=O) groups excluding carboxylic acids is 2. The Bertz CT molecular complexity index is 624. The lowest BCUT2D eigenvalue weighted by atomic mass is 9.92. The molecule has 6 nitrogen and oxygen atoms in total. The number of nitrogens with zero attached hydrogens (tertiary/aromatic N) is 2. The summed E-state index contributed by atoms with van der Waals surface area (Å²) in [4.78, 5) is 28.9. The van der Waals surface area contributed by atoms with Crippen molar-refractivity contribution < 1.29 is 14.7 Å². The molecule has 1 heterocycles. The Morgan fingerprint density at radius 1 is 1.04 bits per heavy atom. The Morgan fingerprint density at radius 3 is 2.07 bits per heavy atom. The van der Waals surface area contributed by atoms with Gasteiger partial charge in [-0.25, -0.2) is 0 Å². The van der Waals surface area contributed by atoms with Gasteiger partial charge in [-0.05, 0) is 23.0 Å². The second-order valence-electron chi connectivity index (χ2n) is 7.79. The number of benzene rings is 1. The van der Waals surface area contributed by atoms with Crippen molar-refractivity contribution in [1.82, 2.24) is 9.80 Å². The fraction of sp³-hybridized carbons (Fsp3) is 0.619. The number of para-hydroxylation sites is 1. The largest absolute Gasteiger partial charge is 0.395 e. The molecule has 1 aromatic carbocycles. The maximum absolute atomic E-state index is 12.6. The molecule has 0 saturated carbocycles. The van der Waals surface area contributed by atoms with Gasteiger partial charge in [0.1, 0.15) is 6.42 Å². The number of rotatable bonds is 7. The average molecular weight is 376 g/mol. The van der Waals surface area contributed by atoms with Crippen molar-refractivity contribution in [2.24, 2.45) is 0 Å². The van der Waals surface area contributed by atoms with E-state index in [2.05, 4.69) is 37.9 Å². The summed E-state index contributed by atoms with van der Waals surface area (Å²) in [7, 11) is 0. The van der Waals surface area contributed by atoms with Crippen LogP contribution in [0.5, 0.6) is 0 Å². The molecule has 1 saturated heterocycles. The van der Waals surface area contributed by atoms with Crippen LogP contribution in [0.2, 0.25) is 0 Å². The van der Waals surface area contributed by atoms with Crippen molar-refractivity contribution in [3.05, 3.63) is 29.3 Å². The second-order valence-corrected chi connectivity index (χ2v) is 7.79. The van der Waals surface area contributed by atoms with Crippen LogP contribution in [0.25, 0.3) is 0 Å². The summed E-state index contributed by atoms with van der Waals surface area (Å²) in [6, 6.07) is 6.10. The number of carbonyl (C=O) groups is 2. The van der Waals surface area contributed by atoms with Crippen molar-refractivity contribution in [2.75, 3.05) is 44.6 Å². The van der Waals surface area contributed by atoms with E-state index in [1.807, 2.05) is 18.2 Å². The molecule has 0 unspecified atom stereocenters. The van der Waals surface area contributed by atoms with Gasteiger partial charge in [-0.3, -0.25) is 14.5 Å². The zero-order chi connectivity index (χ0) is 20.0. The molecule has 150 valence electrons. The van der Waals surface area contributed by atoms with E-state index in [4.69, 9.17) is 5.11 Å². The van der Waals surface area contributed by atoms with Crippen LogP contribution in [0, 0.1) is 0 Å². The van der Waals surface area contributed by atoms with Crippen LogP contribution >= 0.6 is 0 Å². The van der Waals surface area contributed by atoms with Gasteiger partial charge in [0.05, 0.1) is 6.61 Å². The molecule has 1 aromatic rings. The highest BCUT2D eigenvalue weighted by molar-refractivity contribution is 6.04. The second kappa shape index (κ2) is 9.85. The lowest BCUT2D eigenvalue weighted by Crippen LogP contribution is -2.49. The number of amides is 2. The number of β-amino-alcohol motifs (C(OH)–C–C–N with tert-alkyl or cyclic N) is 1. The first-order chi connectivity index (χ1) is 12.8. The minimum Gasteiger partial charge on any atom is -0.395 e. The number of nitrogens with one attached hydrogen (secondary N) is 1. The molecule has 0 aromatic heterocycles. The van der Waals surface area contributed by atoms with Gasteiger partial charge in [0.2, 0.25) is 11.8 Å². The highest BCUT2D eigenvalue weighted by Gasteiger charge is 2.23. The van der Waals surface area contributed by atoms with Gasteiger partial charge in [-0.2, -0.15) is 0 Å². The Morgan fingerprint density at radius 2 is 1.59 bits per heavy atom. The molecule has 2 N–H and O–H groups in total. The normalized spacial score (nSPS) is 15.4. The van der Waals surface area contributed by atoms with Gasteiger partial charge in [0, 0.05) is 38.4 Å². The van der Waals surface area contributed by atoms with Crippen molar-refractivity contribution in [3.8, 4) is 0 Å². The first-order valence-corrected chi connectivity index (χ1v) is 9.87. The summed E-state index contributed by atoms with van der Waals surface area (Å²) in [5.74, 6) is 0.181. The molecule has 0 atom stereocenters. The van der Waals surface area contributed by atoms with Gasteiger partial charge in [0.15, 0.2) is 0 Å². The van der Waals surface area contributed by atoms with Crippen molar-refractivity contribution >= 4 is 17.5 Å². The summed E-state index contributed by atoms with van der Waals surface area (Å²) in [6.45, 7) is 11.9. The molecule has 2 rings (SSSR count). The van der Waals surface area contributed by atoms with Crippen LogP contribution in [-0.4, -0.2) is 66.1 Å². The fourth-order valence-electron chi connectivity index (χ4n) is 3.49. The van der Waals surface area contributed by atoms with Gasteiger partial charge in [-0.15, -0.1) is 0 Å². The zero-order valence-electron chi connectivity index (χ0n) is 17.0. The van der Waals surface area contributed by atoms with Crippen LogP contribution in [0.3, 0.4) is 0 Å². The highest BCUT2D eigenvalue weighted by atomic mass is 16.3. The first-order valence-electron chi connectivity index (χ1n) is 9.87. The standard InChI is InChI=1S/C21H33N3O3/c1-15(2)17-6-5-7-18(16(3)4)21(17)22-19(26)14-20(27)24-10-8-23(9-11-24)12-13-25/h5-7,15-16,25H,8-14H2,1-4H3,(H,22,26). The number of hydrogen-bond acceptors (Lipinski definition) is 4. The quantitative estimate of drug-likeness (QED) is 0.718. The zero-order valence-corrected chi connectivity index (χ0v) is 17.0. The Balaban J connectivity index is 2.01. The number of aliphatic hydroxyl groups is 1. The maximum atomic E-state index is 12.6. The molecule has 1 aliphatic heterocycles. The molecule has 1 fully saturated rings. The van der Waals surface area contributed by atoms with Crippen LogP contribution in [0.4, 0.5) is 5.69 Å².